The summed E-state index contributed by atoms with van der Waals surface area (Å²) in [5.41, 5.74) is 6.36. The van der Waals surface area contributed by atoms with Crippen LogP contribution < -0.4 is 11.1 Å². The first-order valence-electron chi connectivity index (χ1n) is 7.11. The fraction of sp³-hybridized carbons (Fsp3) is 0.429. The maximum absolute atomic E-state index is 13.1. The highest BCUT2D eigenvalue weighted by Crippen LogP contribution is 2.28. The van der Waals surface area contributed by atoms with Gasteiger partial charge in [-0.15, -0.1) is 0 Å². The zero-order chi connectivity index (χ0) is 17.9. The second-order valence-electron chi connectivity index (χ2n) is 5.43. The lowest BCUT2D eigenvalue weighted by atomic mass is 10.1. The van der Waals surface area contributed by atoms with Crippen molar-refractivity contribution in [1.82, 2.24) is 9.80 Å². The normalized spacial score (nSPS) is 19.1. The number of carbonyl (C=O) groups is 2. The van der Waals surface area contributed by atoms with Crippen LogP contribution in [0.1, 0.15) is 0 Å². The SMILES string of the molecule is Nc1cccc(NC(=O)CN2CCN(C(=O)O)C[C@H]2C(F)(F)F)c1. The van der Waals surface area contributed by atoms with Gasteiger partial charge in [-0.05, 0) is 18.2 Å². The minimum Gasteiger partial charge on any atom is -0.465 e. The maximum Gasteiger partial charge on any atom is 0.407 e. The fourth-order valence-electron chi connectivity index (χ4n) is 2.50. The average Bonchev–Trinajstić information content (AvgIpc) is 2.46. The van der Waals surface area contributed by atoms with E-state index in [1.54, 1.807) is 18.2 Å². The van der Waals surface area contributed by atoms with E-state index in [1.165, 1.54) is 6.07 Å². The van der Waals surface area contributed by atoms with Gasteiger partial charge < -0.3 is 21.1 Å². The maximum atomic E-state index is 13.1. The lowest BCUT2D eigenvalue weighted by Crippen LogP contribution is -2.61. The smallest absolute Gasteiger partial charge is 0.407 e. The minimum absolute atomic E-state index is 0.0898. The Labute approximate surface area is 135 Å². The number of carbonyl (C=O) groups excluding carboxylic acids is 1. The molecule has 1 aliphatic heterocycles. The number of rotatable bonds is 3. The summed E-state index contributed by atoms with van der Waals surface area (Å²) in [6.45, 7) is -1.48. The first kappa shape index (κ1) is 17.9. The van der Waals surface area contributed by atoms with E-state index in [9.17, 15) is 22.8 Å². The van der Waals surface area contributed by atoms with Crippen molar-refractivity contribution < 1.29 is 27.9 Å². The molecule has 1 heterocycles. The number of carboxylic acid groups (broad SMARTS) is 1. The molecule has 7 nitrogen and oxygen atoms in total. The van der Waals surface area contributed by atoms with E-state index in [1.807, 2.05) is 0 Å². The third kappa shape index (κ3) is 4.51. The van der Waals surface area contributed by atoms with Crippen LogP contribution >= 0.6 is 0 Å². The van der Waals surface area contributed by atoms with E-state index in [4.69, 9.17) is 10.8 Å². The van der Waals surface area contributed by atoms with Crippen LogP contribution in [0.25, 0.3) is 0 Å². The number of hydrogen-bond acceptors (Lipinski definition) is 4. The first-order valence-corrected chi connectivity index (χ1v) is 7.11. The zero-order valence-electron chi connectivity index (χ0n) is 12.6. The molecule has 0 aromatic heterocycles. The van der Waals surface area contributed by atoms with Crippen molar-refractivity contribution >= 4 is 23.4 Å². The standard InChI is InChI=1S/C14H17F3N4O3/c15-14(16,17)11-7-21(13(23)24)5-4-20(11)8-12(22)19-10-3-1-2-9(18)6-10/h1-3,6,11H,4-5,7-8,18H2,(H,19,22)(H,23,24)/t11-/m0/s1. The first-order chi connectivity index (χ1) is 11.2. The molecule has 0 radical (unpaired) electrons. The summed E-state index contributed by atoms with van der Waals surface area (Å²) in [5.74, 6) is -0.626. The second-order valence-corrected chi connectivity index (χ2v) is 5.43. The van der Waals surface area contributed by atoms with Crippen molar-refractivity contribution in [1.29, 1.82) is 0 Å². The van der Waals surface area contributed by atoms with Crippen molar-refractivity contribution in [3.8, 4) is 0 Å². The van der Waals surface area contributed by atoms with Gasteiger partial charge in [-0.3, -0.25) is 9.69 Å². The molecule has 1 aromatic carbocycles. The van der Waals surface area contributed by atoms with Crippen LogP contribution in [0, 0.1) is 0 Å². The van der Waals surface area contributed by atoms with Gasteiger partial charge in [-0.2, -0.15) is 13.2 Å². The summed E-state index contributed by atoms with van der Waals surface area (Å²) in [6.07, 6.45) is -6.04. The van der Waals surface area contributed by atoms with E-state index in [2.05, 4.69) is 5.32 Å². The van der Waals surface area contributed by atoms with Gasteiger partial charge in [0.05, 0.1) is 6.54 Å². The molecule has 2 rings (SSSR count). The summed E-state index contributed by atoms with van der Waals surface area (Å²) in [4.78, 5) is 24.5. The van der Waals surface area contributed by atoms with Crippen molar-refractivity contribution in [2.45, 2.75) is 12.2 Å². The molecule has 4 N–H and O–H groups in total. The number of benzene rings is 1. The van der Waals surface area contributed by atoms with E-state index >= 15 is 0 Å². The number of anilines is 2. The Kier molecular flexibility index (Phi) is 5.17. The number of hydrogen-bond donors (Lipinski definition) is 3. The summed E-state index contributed by atoms with van der Waals surface area (Å²) in [7, 11) is 0. The van der Waals surface area contributed by atoms with Gasteiger partial charge in [-0.25, -0.2) is 4.79 Å². The molecule has 0 bridgehead atoms. The lowest BCUT2D eigenvalue weighted by molar-refractivity contribution is -0.194. The number of nitrogens with two attached hydrogens (primary N) is 1. The molecular weight excluding hydrogens is 329 g/mol. The Morgan fingerprint density at radius 2 is 2.04 bits per heavy atom. The summed E-state index contributed by atoms with van der Waals surface area (Å²) in [5, 5.41) is 11.3. The molecule has 0 aliphatic carbocycles. The number of alkyl halides is 3. The summed E-state index contributed by atoms with van der Waals surface area (Å²) >= 11 is 0. The molecule has 0 unspecified atom stereocenters. The molecule has 0 spiro atoms. The lowest BCUT2D eigenvalue weighted by Gasteiger charge is -2.40. The Morgan fingerprint density at radius 3 is 2.62 bits per heavy atom. The zero-order valence-corrected chi connectivity index (χ0v) is 12.6. The van der Waals surface area contributed by atoms with Gasteiger partial charge >= 0.3 is 12.3 Å². The Hall–Kier alpha value is -2.49. The van der Waals surface area contributed by atoms with Gasteiger partial charge in [0.15, 0.2) is 0 Å². The molecule has 1 fully saturated rings. The van der Waals surface area contributed by atoms with E-state index < -0.39 is 37.3 Å². The quantitative estimate of drug-likeness (QED) is 0.719. The number of nitrogens with zero attached hydrogens (tertiary/aromatic N) is 2. The number of amides is 2. The third-order valence-electron chi connectivity index (χ3n) is 3.66. The molecule has 1 saturated heterocycles. The fourth-order valence-corrected chi connectivity index (χ4v) is 2.50. The molecule has 0 saturated carbocycles. The molecule has 24 heavy (non-hydrogen) atoms. The van der Waals surface area contributed by atoms with Crippen molar-refractivity contribution in [2.75, 3.05) is 37.2 Å². The highest BCUT2D eigenvalue weighted by Gasteiger charge is 2.47. The van der Waals surface area contributed by atoms with Gasteiger partial charge in [-0.1, -0.05) is 6.07 Å². The van der Waals surface area contributed by atoms with Gasteiger partial charge in [0.25, 0.3) is 0 Å². The Bertz CT molecular complexity index is 624. The van der Waals surface area contributed by atoms with Gasteiger partial charge in [0.2, 0.25) is 5.91 Å². The van der Waals surface area contributed by atoms with Gasteiger partial charge in [0.1, 0.15) is 6.04 Å². The predicted molar refractivity (Wildman–Crippen MR) is 80.5 cm³/mol. The topological polar surface area (TPSA) is 98.9 Å². The Balaban J connectivity index is 2.03. The number of nitrogen functional groups attached to an aromatic ring is 1. The molecule has 2 amide bonds. The molecular formula is C14H17F3N4O3. The van der Waals surface area contributed by atoms with E-state index in [0.717, 1.165) is 4.90 Å². The van der Waals surface area contributed by atoms with Crippen LogP contribution in [0.15, 0.2) is 24.3 Å². The van der Waals surface area contributed by atoms with Crippen molar-refractivity contribution in [2.24, 2.45) is 0 Å². The summed E-state index contributed by atoms with van der Waals surface area (Å²) < 4.78 is 39.4. The highest BCUT2D eigenvalue weighted by atomic mass is 19.4. The van der Waals surface area contributed by atoms with Gasteiger partial charge in [0, 0.05) is 31.0 Å². The highest BCUT2D eigenvalue weighted by molar-refractivity contribution is 5.92. The molecule has 1 aliphatic rings. The van der Waals surface area contributed by atoms with E-state index in [0.29, 0.717) is 16.3 Å². The van der Waals surface area contributed by atoms with Crippen molar-refractivity contribution in [3.05, 3.63) is 24.3 Å². The monoisotopic (exact) mass is 346 g/mol. The number of halogens is 3. The van der Waals surface area contributed by atoms with Crippen LogP contribution in [0.2, 0.25) is 0 Å². The van der Waals surface area contributed by atoms with Crippen LogP contribution in [-0.4, -0.2) is 65.3 Å². The molecule has 1 aromatic rings. The van der Waals surface area contributed by atoms with Crippen LogP contribution in [-0.2, 0) is 4.79 Å². The second kappa shape index (κ2) is 6.95. The number of nitrogens with one attached hydrogen (secondary N) is 1. The Morgan fingerprint density at radius 1 is 1.33 bits per heavy atom. The number of piperazine rings is 1. The average molecular weight is 346 g/mol. The van der Waals surface area contributed by atoms with Crippen LogP contribution in [0.3, 0.4) is 0 Å². The minimum atomic E-state index is -4.63. The summed E-state index contributed by atoms with van der Waals surface area (Å²) in [6, 6.07) is 4.25. The van der Waals surface area contributed by atoms with Crippen LogP contribution in [0.5, 0.6) is 0 Å². The van der Waals surface area contributed by atoms with Crippen molar-refractivity contribution in [3.63, 3.8) is 0 Å². The predicted octanol–water partition coefficient (Wildman–Crippen LogP) is 1.43. The third-order valence-corrected chi connectivity index (χ3v) is 3.66. The van der Waals surface area contributed by atoms with E-state index in [-0.39, 0.29) is 13.1 Å². The molecule has 1 atom stereocenters. The molecule has 10 heteroatoms. The molecule has 132 valence electrons. The van der Waals surface area contributed by atoms with Crippen LogP contribution in [0.4, 0.5) is 29.3 Å². The largest absolute Gasteiger partial charge is 0.465 e.